The van der Waals surface area contributed by atoms with Gasteiger partial charge in [0.2, 0.25) is 5.13 Å². The molecule has 0 aliphatic rings. The minimum atomic E-state index is 0.305. The van der Waals surface area contributed by atoms with E-state index in [-0.39, 0.29) is 0 Å². The molecule has 1 aromatic heterocycles. The molecular formula is C23H26ClN3O2S. The number of aromatic nitrogens is 1. The van der Waals surface area contributed by atoms with Gasteiger partial charge in [0.05, 0.1) is 19.0 Å². The molecule has 0 aliphatic heterocycles. The monoisotopic (exact) mass is 443 g/mol. The lowest BCUT2D eigenvalue weighted by atomic mass is 10.0. The summed E-state index contributed by atoms with van der Waals surface area (Å²) in [5.41, 5.74) is 7.88. The van der Waals surface area contributed by atoms with E-state index in [1.54, 1.807) is 13.3 Å². The molecule has 1 heterocycles. The summed E-state index contributed by atoms with van der Waals surface area (Å²) >= 11 is 7.83. The number of nitrogens with one attached hydrogen (secondary N) is 1. The fraction of sp³-hybridized carbons (Fsp3) is 0.304. The second-order valence-electron chi connectivity index (χ2n) is 7.32. The Labute approximate surface area is 186 Å². The highest BCUT2D eigenvalue weighted by molar-refractivity contribution is 7.13. The first-order valence-corrected chi connectivity index (χ1v) is 10.9. The number of rotatable bonds is 8. The number of nitrogens with zero attached hydrogens (tertiary/aromatic N) is 2. The number of aryl methyl sites for hydroxylation is 2. The molecule has 0 bridgehead atoms. The number of benzene rings is 2. The van der Waals surface area contributed by atoms with Crippen LogP contribution in [0.5, 0.6) is 11.5 Å². The van der Waals surface area contributed by atoms with Crippen LogP contribution in [-0.2, 0) is 6.61 Å². The van der Waals surface area contributed by atoms with Crippen molar-refractivity contribution in [2.75, 3.05) is 12.5 Å². The summed E-state index contributed by atoms with van der Waals surface area (Å²) in [7, 11) is 1.66. The van der Waals surface area contributed by atoms with Crippen molar-refractivity contribution in [2.24, 2.45) is 5.10 Å². The lowest BCUT2D eigenvalue weighted by Crippen LogP contribution is -2.03. The molecule has 3 rings (SSSR count). The number of halogens is 1. The molecule has 0 unspecified atom stereocenters. The van der Waals surface area contributed by atoms with Crippen LogP contribution in [0.25, 0.3) is 0 Å². The molecule has 0 atom stereocenters. The van der Waals surface area contributed by atoms with E-state index in [4.69, 9.17) is 21.1 Å². The molecule has 2 aromatic carbocycles. The number of ether oxygens (including phenoxy) is 2. The van der Waals surface area contributed by atoms with Crippen molar-refractivity contribution in [3.05, 3.63) is 68.7 Å². The van der Waals surface area contributed by atoms with Crippen LogP contribution < -0.4 is 14.9 Å². The molecule has 3 aromatic rings. The Balaban J connectivity index is 1.77. The molecule has 5 nitrogen and oxygen atoms in total. The van der Waals surface area contributed by atoms with Crippen LogP contribution in [0.3, 0.4) is 0 Å². The molecule has 0 radical (unpaired) electrons. The Hall–Kier alpha value is -2.57. The van der Waals surface area contributed by atoms with Gasteiger partial charge in [0.25, 0.3) is 0 Å². The summed E-state index contributed by atoms with van der Waals surface area (Å²) in [6.07, 6.45) is 1.76. The van der Waals surface area contributed by atoms with E-state index in [0.29, 0.717) is 12.5 Å². The first kappa shape index (κ1) is 22.1. The minimum absolute atomic E-state index is 0.305. The quantitative estimate of drug-likeness (QED) is 0.316. The van der Waals surface area contributed by atoms with Crippen LogP contribution >= 0.6 is 22.9 Å². The van der Waals surface area contributed by atoms with Crippen LogP contribution in [-0.4, -0.2) is 18.3 Å². The maximum atomic E-state index is 6.31. The molecule has 0 amide bonds. The van der Waals surface area contributed by atoms with Gasteiger partial charge >= 0.3 is 0 Å². The molecular weight excluding hydrogens is 418 g/mol. The van der Waals surface area contributed by atoms with Crippen LogP contribution in [0.1, 0.15) is 47.7 Å². The van der Waals surface area contributed by atoms with Gasteiger partial charge in [-0.2, -0.15) is 5.10 Å². The van der Waals surface area contributed by atoms with Crippen molar-refractivity contribution < 1.29 is 9.47 Å². The van der Waals surface area contributed by atoms with Crippen molar-refractivity contribution in [2.45, 2.75) is 40.2 Å². The van der Waals surface area contributed by atoms with Gasteiger partial charge in [0.15, 0.2) is 0 Å². The lowest BCUT2D eigenvalue weighted by Gasteiger charge is -2.17. The van der Waals surface area contributed by atoms with Crippen molar-refractivity contribution in [1.82, 2.24) is 4.98 Å². The van der Waals surface area contributed by atoms with E-state index >= 15 is 0 Å². The standard InChI is InChI=1S/C23H26ClN3O2S/c1-14(2)19-10-20(24)15(3)8-22(19)29-12-18-9-17(6-7-21(18)28-5)11-25-27-23-26-16(4)13-30-23/h6-11,13-14H,12H2,1-5H3,(H,26,27). The van der Waals surface area contributed by atoms with Gasteiger partial charge in [0.1, 0.15) is 18.1 Å². The van der Waals surface area contributed by atoms with Gasteiger partial charge in [-0.1, -0.05) is 25.4 Å². The van der Waals surface area contributed by atoms with Gasteiger partial charge in [-0.05, 0) is 66.8 Å². The van der Waals surface area contributed by atoms with E-state index in [0.717, 1.165) is 49.6 Å². The Kier molecular flexibility index (Phi) is 7.34. The number of anilines is 1. The minimum Gasteiger partial charge on any atom is -0.496 e. The number of hydrazone groups is 1. The van der Waals surface area contributed by atoms with Crippen LogP contribution in [0.15, 0.2) is 40.8 Å². The van der Waals surface area contributed by atoms with Crippen molar-refractivity contribution in [1.29, 1.82) is 0 Å². The molecule has 0 saturated heterocycles. The Bertz CT molecular complexity index is 1050. The Morgan fingerprint density at radius 2 is 2.00 bits per heavy atom. The Morgan fingerprint density at radius 1 is 1.20 bits per heavy atom. The predicted octanol–water partition coefficient (Wildman–Crippen LogP) is 6.57. The summed E-state index contributed by atoms with van der Waals surface area (Å²) in [5.74, 6) is 1.92. The largest absolute Gasteiger partial charge is 0.496 e. The van der Waals surface area contributed by atoms with Gasteiger partial charge in [-0.25, -0.2) is 4.98 Å². The third kappa shape index (κ3) is 5.52. The van der Waals surface area contributed by atoms with Gasteiger partial charge in [-0.15, -0.1) is 11.3 Å². The first-order valence-electron chi connectivity index (χ1n) is 9.68. The molecule has 0 saturated carbocycles. The van der Waals surface area contributed by atoms with E-state index < -0.39 is 0 Å². The third-order valence-electron chi connectivity index (χ3n) is 4.59. The highest BCUT2D eigenvalue weighted by Gasteiger charge is 2.13. The molecule has 1 N–H and O–H groups in total. The van der Waals surface area contributed by atoms with Gasteiger partial charge < -0.3 is 9.47 Å². The zero-order valence-corrected chi connectivity index (χ0v) is 19.4. The maximum absolute atomic E-state index is 6.31. The highest BCUT2D eigenvalue weighted by Crippen LogP contribution is 2.33. The first-order chi connectivity index (χ1) is 14.4. The van der Waals surface area contributed by atoms with E-state index in [9.17, 15) is 0 Å². The lowest BCUT2D eigenvalue weighted by molar-refractivity contribution is 0.292. The molecule has 0 spiro atoms. The predicted molar refractivity (Wildman–Crippen MR) is 126 cm³/mol. The topological polar surface area (TPSA) is 55.7 Å². The van der Waals surface area contributed by atoms with E-state index in [2.05, 4.69) is 29.4 Å². The van der Waals surface area contributed by atoms with Crippen molar-refractivity contribution in [3.63, 3.8) is 0 Å². The summed E-state index contributed by atoms with van der Waals surface area (Å²) < 4.78 is 11.7. The molecule has 0 aliphatic carbocycles. The number of thiazole rings is 1. The number of hydrogen-bond acceptors (Lipinski definition) is 6. The van der Waals surface area contributed by atoms with Crippen molar-refractivity contribution in [3.8, 4) is 11.5 Å². The summed E-state index contributed by atoms with van der Waals surface area (Å²) in [4.78, 5) is 4.33. The van der Waals surface area contributed by atoms with Crippen LogP contribution in [0, 0.1) is 13.8 Å². The van der Waals surface area contributed by atoms with E-state index in [1.807, 2.05) is 49.6 Å². The molecule has 158 valence electrons. The maximum Gasteiger partial charge on any atom is 0.203 e. The normalized spacial score (nSPS) is 11.3. The van der Waals surface area contributed by atoms with Crippen LogP contribution in [0.4, 0.5) is 5.13 Å². The second-order valence-corrected chi connectivity index (χ2v) is 8.58. The number of methoxy groups -OCH3 is 1. The molecule has 0 fully saturated rings. The zero-order chi connectivity index (χ0) is 21.7. The number of hydrogen-bond donors (Lipinski definition) is 1. The zero-order valence-electron chi connectivity index (χ0n) is 17.8. The average Bonchev–Trinajstić information content (AvgIpc) is 3.13. The smallest absolute Gasteiger partial charge is 0.203 e. The highest BCUT2D eigenvalue weighted by atomic mass is 35.5. The van der Waals surface area contributed by atoms with Gasteiger partial charge in [-0.3, -0.25) is 5.43 Å². The summed E-state index contributed by atoms with van der Waals surface area (Å²) in [6, 6.07) is 9.87. The fourth-order valence-corrected chi connectivity index (χ4v) is 3.77. The fourth-order valence-electron chi connectivity index (χ4n) is 2.96. The summed E-state index contributed by atoms with van der Waals surface area (Å²) in [6.45, 7) is 8.57. The molecule has 7 heteroatoms. The Morgan fingerprint density at radius 3 is 2.67 bits per heavy atom. The summed E-state index contributed by atoms with van der Waals surface area (Å²) in [5, 5.41) is 7.77. The average molecular weight is 444 g/mol. The van der Waals surface area contributed by atoms with E-state index in [1.165, 1.54) is 11.3 Å². The van der Waals surface area contributed by atoms with Crippen LogP contribution in [0.2, 0.25) is 5.02 Å². The third-order valence-corrected chi connectivity index (χ3v) is 5.87. The van der Waals surface area contributed by atoms with Gasteiger partial charge in [0, 0.05) is 16.0 Å². The SMILES string of the molecule is COc1ccc(C=NNc2nc(C)cs2)cc1COc1cc(C)c(Cl)cc1C(C)C. The van der Waals surface area contributed by atoms with Crippen molar-refractivity contribution >= 4 is 34.3 Å². The molecule has 30 heavy (non-hydrogen) atoms. The second kappa shape index (κ2) is 9.96.